The van der Waals surface area contributed by atoms with Gasteiger partial charge in [-0.25, -0.2) is 4.98 Å². The molecule has 1 amide bonds. The zero-order valence-corrected chi connectivity index (χ0v) is 16.9. The first-order valence-electron chi connectivity index (χ1n) is 10.7. The smallest absolute Gasteiger partial charge is 0.223 e. The average Bonchev–Trinajstić information content (AvgIpc) is 2.67. The second kappa shape index (κ2) is 9.50. The lowest BCUT2D eigenvalue weighted by Crippen LogP contribution is -2.40. The zero-order valence-electron chi connectivity index (χ0n) is 16.9. The molecule has 1 aliphatic carbocycles. The molecule has 0 unspecified atom stereocenters. The number of ketones is 1. The number of aryl methyl sites for hydroxylation is 2. The monoisotopic (exact) mass is 387 g/mol. The minimum atomic E-state index is -0.903. The molecule has 1 aromatic heterocycles. The van der Waals surface area contributed by atoms with E-state index in [9.17, 15) is 14.7 Å². The average molecular weight is 388 g/mol. The summed E-state index contributed by atoms with van der Waals surface area (Å²) in [6.45, 7) is 3.19. The molecular weight excluding hydrogens is 354 g/mol. The summed E-state index contributed by atoms with van der Waals surface area (Å²) in [4.78, 5) is 28.3. The van der Waals surface area contributed by atoms with Crippen molar-refractivity contribution in [3.8, 4) is 0 Å². The van der Waals surface area contributed by atoms with Crippen LogP contribution in [0.15, 0.2) is 12.1 Å². The van der Waals surface area contributed by atoms with Crippen LogP contribution in [0.2, 0.25) is 0 Å². The highest BCUT2D eigenvalue weighted by atomic mass is 16.3. The molecule has 2 heterocycles. The van der Waals surface area contributed by atoms with E-state index in [-0.39, 0.29) is 24.0 Å². The minimum absolute atomic E-state index is 0.00889. The summed E-state index contributed by atoms with van der Waals surface area (Å²) in [6, 6.07) is 4.30. The summed E-state index contributed by atoms with van der Waals surface area (Å²) < 4.78 is 0. The van der Waals surface area contributed by atoms with E-state index in [1.54, 1.807) is 0 Å². The first-order valence-corrected chi connectivity index (χ1v) is 10.7. The third-order valence-electron chi connectivity index (χ3n) is 5.98. The van der Waals surface area contributed by atoms with Gasteiger partial charge in [-0.3, -0.25) is 9.59 Å². The minimum Gasteiger partial charge on any atom is -0.389 e. The first-order chi connectivity index (χ1) is 13.5. The normalized spacial score (nSPS) is 24.1. The maximum absolute atomic E-state index is 12.3. The molecule has 0 saturated heterocycles. The van der Waals surface area contributed by atoms with Crippen molar-refractivity contribution in [3.05, 3.63) is 23.4 Å². The summed E-state index contributed by atoms with van der Waals surface area (Å²) >= 11 is 0. The summed E-state index contributed by atoms with van der Waals surface area (Å²) in [5.74, 6) is 1.09. The third kappa shape index (κ3) is 5.77. The molecule has 0 spiro atoms. The largest absolute Gasteiger partial charge is 0.389 e. The maximum Gasteiger partial charge on any atom is 0.223 e. The van der Waals surface area contributed by atoms with Crippen LogP contribution in [-0.2, 0) is 22.4 Å². The number of rotatable bonds is 8. The Bertz CT molecular complexity index is 696. The number of carbonyl (C=O) groups excluding carboxylic acids is 2. The SMILES string of the molecule is CC(=O)CC1(O)CCC(C(=O)NCCCCc2ccc3c(n2)NCCC3)CC1. The zero-order chi connectivity index (χ0) is 20.0. The van der Waals surface area contributed by atoms with Crippen molar-refractivity contribution in [1.29, 1.82) is 0 Å². The van der Waals surface area contributed by atoms with Crippen molar-refractivity contribution in [2.24, 2.45) is 5.92 Å². The number of aromatic nitrogens is 1. The van der Waals surface area contributed by atoms with E-state index in [2.05, 4.69) is 22.8 Å². The molecule has 0 radical (unpaired) electrons. The molecule has 0 atom stereocenters. The lowest BCUT2D eigenvalue weighted by Gasteiger charge is -2.34. The van der Waals surface area contributed by atoms with Crippen molar-refractivity contribution < 1.29 is 14.7 Å². The van der Waals surface area contributed by atoms with Crippen molar-refractivity contribution >= 4 is 17.5 Å². The number of unbranched alkanes of at least 4 members (excludes halogenated alkanes) is 1. The van der Waals surface area contributed by atoms with Crippen LogP contribution in [0.3, 0.4) is 0 Å². The summed E-state index contributed by atoms with van der Waals surface area (Å²) in [7, 11) is 0. The number of pyridine rings is 1. The van der Waals surface area contributed by atoms with E-state index < -0.39 is 5.60 Å². The van der Waals surface area contributed by atoms with E-state index in [0.29, 0.717) is 32.2 Å². The Hall–Kier alpha value is -1.95. The van der Waals surface area contributed by atoms with Crippen molar-refractivity contribution in [2.45, 2.75) is 76.7 Å². The second-order valence-electron chi connectivity index (χ2n) is 8.47. The molecule has 6 nitrogen and oxygen atoms in total. The summed E-state index contributed by atoms with van der Waals surface area (Å²) in [6.07, 6.45) is 7.70. The number of amides is 1. The molecule has 0 bridgehead atoms. The predicted octanol–water partition coefficient (Wildman–Crippen LogP) is 2.78. The Morgan fingerprint density at radius 3 is 2.82 bits per heavy atom. The van der Waals surface area contributed by atoms with Gasteiger partial charge in [-0.15, -0.1) is 0 Å². The van der Waals surface area contributed by atoms with Crippen LogP contribution < -0.4 is 10.6 Å². The van der Waals surface area contributed by atoms with Crippen LogP contribution in [0, 0.1) is 5.92 Å². The third-order valence-corrected chi connectivity index (χ3v) is 5.98. The van der Waals surface area contributed by atoms with E-state index in [4.69, 9.17) is 4.98 Å². The number of nitrogens with one attached hydrogen (secondary N) is 2. The highest BCUT2D eigenvalue weighted by molar-refractivity contribution is 5.79. The quantitative estimate of drug-likeness (QED) is 0.597. The van der Waals surface area contributed by atoms with Crippen LogP contribution in [0.5, 0.6) is 0 Å². The number of hydrogen-bond acceptors (Lipinski definition) is 5. The van der Waals surface area contributed by atoms with Crippen LogP contribution in [0.4, 0.5) is 5.82 Å². The number of carbonyl (C=O) groups is 2. The van der Waals surface area contributed by atoms with Gasteiger partial charge in [0.1, 0.15) is 11.6 Å². The first kappa shape index (κ1) is 20.8. The fraction of sp³-hybridized carbons (Fsp3) is 0.682. The molecule has 1 aromatic rings. The molecule has 2 aliphatic rings. The summed E-state index contributed by atoms with van der Waals surface area (Å²) in [5.41, 5.74) is 1.51. The van der Waals surface area contributed by atoms with E-state index in [0.717, 1.165) is 43.7 Å². The fourth-order valence-corrected chi connectivity index (χ4v) is 4.35. The standard InChI is InChI=1S/C22H33N3O3/c1-16(26)15-22(28)11-9-18(10-12-22)21(27)24-13-3-2-6-19-8-7-17-5-4-14-23-20(17)25-19/h7-8,18,28H,2-6,9-15H2,1H3,(H,23,25)(H,24,27). The summed E-state index contributed by atoms with van der Waals surface area (Å²) in [5, 5.41) is 16.8. The van der Waals surface area contributed by atoms with Gasteiger partial charge in [-0.2, -0.15) is 0 Å². The molecule has 154 valence electrons. The molecule has 3 N–H and O–H groups in total. The van der Waals surface area contributed by atoms with Crippen molar-refractivity contribution in [1.82, 2.24) is 10.3 Å². The molecule has 1 saturated carbocycles. The number of hydrogen-bond donors (Lipinski definition) is 3. The lowest BCUT2D eigenvalue weighted by atomic mass is 9.76. The highest BCUT2D eigenvalue weighted by Crippen LogP contribution is 2.34. The van der Waals surface area contributed by atoms with Gasteiger partial charge in [0.25, 0.3) is 0 Å². The molecule has 6 heteroatoms. The Balaban J connectivity index is 1.32. The van der Waals surface area contributed by atoms with E-state index in [1.165, 1.54) is 18.9 Å². The van der Waals surface area contributed by atoms with E-state index >= 15 is 0 Å². The fourth-order valence-electron chi connectivity index (χ4n) is 4.35. The Morgan fingerprint density at radius 1 is 1.29 bits per heavy atom. The van der Waals surface area contributed by atoms with Gasteiger partial charge in [0.15, 0.2) is 0 Å². The van der Waals surface area contributed by atoms with E-state index in [1.807, 2.05) is 0 Å². The predicted molar refractivity (Wildman–Crippen MR) is 109 cm³/mol. The van der Waals surface area contributed by atoms with Crippen LogP contribution in [-0.4, -0.2) is 40.5 Å². The Labute approximate surface area is 167 Å². The number of anilines is 1. The van der Waals surface area contributed by atoms with Gasteiger partial charge in [-0.05, 0) is 76.3 Å². The number of Topliss-reactive ketones (excluding diaryl/α,β-unsaturated/α-hetero) is 1. The molecule has 1 aliphatic heterocycles. The van der Waals surface area contributed by atoms with Crippen molar-refractivity contribution in [3.63, 3.8) is 0 Å². The van der Waals surface area contributed by atoms with Gasteiger partial charge in [0, 0.05) is 31.1 Å². The van der Waals surface area contributed by atoms with Crippen LogP contribution in [0.1, 0.15) is 69.5 Å². The van der Waals surface area contributed by atoms with Gasteiger partial charge < -0.3 is 15.7 Å². The van der Waals surface area contributed by atoms with Gasteiger partial charge >= 0.3 is 0 Å². The highest BCUT2D eigenvalue weighted by Gasteiger charge is 2.36. The van der Waals surface area contributed by atoms with Crippen LogP contribution in [0.25, 0.3) is 0 Å². The number of aliphatic hydroxyl groups is 1. The molecule has 3 rings (SSSR count). The molecular formula is C22H33N3O3. The number of nitrogens with zero attached hydrogens (tertiary/aromatic N) is 1. The van der Waals surface area contributed by atoms with Gasteiger partial charge in [0.05, 0.1) is 5.60 Å². The molecule has 0 aromatic carbocycles. The molecule has 28 heavy (non-hydrogen) atoms. The van der Waals surface area contributed by atoms with Gasteiger partial charge in [-0.1, -0.05) is 6.07 Å². The topological polar surface area (TPSA) is 91.3 Å². The maximum atomic E-state index is 12.3. The number of fused-ring (bicyclic) bond motifs is 1. The van der Waals surface area contributed by atoms with Crippen molar-refractivity contribution in [2.75, 3.05) is 18.4 Å². The van der Waals surface area contributed by atoms with Crippen LogP contribution >= 0.6 is 0 Å². The lowest BCUT2D eigenvalue weighted by molar-refractivity contribution is -0.129. The Kier molecular flexibility index (Phi) is 7.05. The Morgan fingerprint density at radius 2 is 2.07 bits per heavy atom. The molecule has 1 fully saturated rings. The van der Waals surface area contributed by atoms with Gasteiger partial charge in [0.2, 0.25) is 5.91 Å². The second-order valence-corrected chi connectivity index (χ2v) is 8.47.